The maximum atomic E-state index is 11.4. The molecule has 128 valence electrons. The molecule has 0 atom stereocenters. The lowest BCUT2D eigenvalue weighted by atomic mass is 10.1. The van der Waals surface area contributed by atoms with Crippen molar-refractivity contribution < 1.29 is 4.79 Å². The number of amides is 1. The molecule has 0 aliphatic carbocycles. The SMILES string of the molecule is NC(=O)c1cccc(-c2cnn3ccc(NCc4ccncc4)nc23)c1. The molecule has 0 saturated carbocycles. The molecule has 3 N–H and O–H groups in total. The number of aromatic nitrogens is 4. The van der Waals surface area contributed by atoms with Crippen LogP contribution in [-0.4, -0.2) is 25.5 Å². The number of primary amides is 1. The minimum atomic E-state index is -0.462. The Hall–Kier alpha value is -3.74. The first-order valence-electron chi connectivity index (χ1n) is 8.08. The number of pyridine rings is 1. The van der Waals surface area contributed by atoms with Crippen LogP contribution in [0.1, 0.15) is 15.9 Å². The topological polar surface area (TPSA) is 98.2 Å². The second-order valence-electron chi connectivity index (χ2n) is 5.79. The number of hydrogen-bond donors (Lipinski definition) is 2. The molecule has 0 aliphatic rings. The van der Waals surface area contributed by atoms with E-state index in [1.54, 1.807) is 41.3 Å². The van der Waals surface area contributed by atoms with Crippen molar-refractivity contribution in [1.82, 2.24) is 19.6 Å². The lowest BCUT2D eigenvalue weighted by molar-refractivity contribution is 0.100. The van der Waals surface area contributed by atoms with E-state index in [1.807, 2.05) is 30.5 Å². The molecule has 3 aromatic heterocycles. The Morgan fingerprint density at radius 2 is 2.00 bits per heavy atom. The van der Waals surface area contributed by atoms with Crippen LogP contribution in [0.4, 0.5) is 5.82 Å². The Bertz CT molecular complexity index is 1070. The highest BCUT2D eigenvalue weighted by Crippen LogP contribution is 2.25. The van der Waals surface area contributed by atoms with Crippen LogP contribution in [0, 0.1) is 0 Å². The molecule has 0 fully saturated rings. The number of nitrogens with two attached hydrogens (primary N) is 1. The van der Waals surface area contributed by atoms with Gasteiger partial charge < -0.3 is 11.1 Å². The van der Waals surface area contributed by atoms with Crippen molar-refractivity contribution in [2.45, 2.75) is 6.54 Å². The van der Waals surface area contributed by atoms with E-state index in [9.17, 15) is 4.79 Å². The number of carbonyl (C=O) groups is 1. The Balaban J connectivity index is 1.66. The number of anilines is 1. The van der Waals surface area contributed by atoms with Crippen LogP contribution in [0.2, 0.25) is 0 Å². The highest BCUT2D eigenvalue weighted by atomic mass is 16.1. The van der Waals surface area contributed by atoms with Crippen molar-refractivity contribution in [1.29, 1.82) is 0 Å². The van der Waals surface area contributed by atoms with Crippen molar-refractivity contribution >= 4 is 17.4 Å². The molecule has 1 amide bonds. The van der Waals surface area contributed by atoms with Crippen molar-refractivity contribution in [3.05, 3.63) is 78.4 Å². The van der Waals surface area contributed by atoms with E-state index in [2.05, 4.69) is 20.4 Å². The summed E-state index contributed by atoms with van der Waals surface area (Å²) < 4.78 is 1.70. The van der Waals surface area contributed by atoms with Gasteiger partial charge in [0.1, 0.15) is 5.82 Å². The number of rotatable bonds is 5. The first-order chi connectivity index (χ1) is 12.7. The third-order valence-electron chi connectivity index (χ3n) is 4.05. The summed E-state index contributed by atoms with van der Waals surface area (Å²) in [5.74, 6) is 0.276. The molecule has 0 unspecified atom stereocenters. The van der Waals surface area contributed by atoms with Gasteiger partial charge in [0, 0.05) is 36.3 Å². The average molecular weight is 344 g/mol. The molecule has 0 spiro atoms. The largest absolute Gasteiger partial charge is 0.366 e. The van der Waals surface area contributed by atoms with Gasteiger partial charge in [-0.05, 0) is 41.5 Å². The number of hydrogen-bond acceptors (Lipinski definition) is 5. The summed E-state index contributed by atoms with van der Waals surface area (Å²) in [5, 5.41) is 7.63. The monoisotopic (exact) mass is 344 g/mol. The fraction of sp³-hybridized carbons (Fsp3) is 0.0526. The van der Waals surface area contributed by atoms with E-state index in [0.29, 0.717) is 17.8 Å². The lowest BCUT2D eigenvalue weighted by Gasteiger charge is -2.07. The Labute approximate surface area is 149 Å². The van der Waals surface area contributed by atoms with Gasteiger partial charge in [0.05, 0.1) is 6.20 Å². The average Bonchev–Trinajstić information content (AvgIpc) is 3.10. The predicted molar refractivity (Wildman–Crippen MR) is 98.5 cm³/mol. The van der Waals surface area contributed by atoms with Crippen molar-refractivity contribution in [2.24, 2.45) is 5.73 Å². The minimum Gasteiger partial charge on any atom is -0.366 e. The molecule has 7 nitrogen and oxygen atoms in total. The van der Waals surface area contributed by atoms with Crippen LogP contribution in [0.15, 0.2) is 67.3 Å². The summed E-state index contributed by atoms with van der Waals surface area (Å²) in [5.41, 5.74) is 9.32. The summed E-state index contributed by atoms with van der Waals surface area (Å²) >= 11 is 0. The van der Waals surface area contributed by atoms with E-state index in [1.165, 1.54) is 0 Å². The van der Waals surface area contributed by atoms with Crippen molar-refractivity contribution in [2.75, 3.05) is 5.32 Å². The Kier molecular flexibility index (Phi) is 4.03. The lowest BCUT2D eigenvalue weighted by Crippen LogP contribution is -2.10. The molecule has 1 aromatic carbocycles. The highest BCUT2D eigenvalue weighted by molar-refractivity contribution is 5.94. The van der Waals surface area contributed by atoms with Crippen molar-refractivity contribution in [3.8, 4) is 11.1 Å². The first kappa shape index (κ1) is 15.8. The maximum Gasteiger partial charge on any atom is 0.248 e. The van der Waals surface area contributed by atoms with E-state index in [4.69, 9.17) is 5.73 Å². The summed E-state index contributed by atoms with van der Waals surface area (Å²) in [7, 11) is 0. The quantitative estimate of drug-likeness (QED) is 0.580. The molecule has 0 radical (unpaired) electrons. The van der Waals surface area contributed by atoms with Gasteiger partial charge in [-0.1, -0.05) is 12.1 Å². The third kappa shape index (κ3) is 3.10. The second-order valence-corrected chi connectivity index (χ2v) is 5.79. The maximum absolute atomic E-state index is 11.4. The predicted octanol–water partition coefficient (Wildman–Crippen LogP) is 2.50. The van der Waals surface area contributed by atoms with E-state index in [-0.39, 0.29) is 0 Å². The van der Waals surface area contributed by atoms with Crippen LogP contribution < -0.4 is 11.1 Å². The van der Waals surface area contributed by atoms with Gasteiger partial charge in [-0.3, -0.25) is 9.78 Å². The van der Waals surface area contributed by atoms with Gasteiger partial charge in [0.2, 0.25) is 5.91 Å². The number of fused-ring (bicyclic) bond motifs is 1. The molecule has 0 saturated heterocycles. The number of carbonyl (C=O) groups excluding carboxylic acids is 1. The van der Waals surface area contributed by atoms with Crippen LogP contribution in [-0.2, 0) is 6.54 Å². The summed E-state index contributed by atoms with van der Waals surface area (Å²) in [6.07, 6.45) is 7.09. The fourth-order valence-corrected chi connectivity index (χ4v) is 2.70. The zero-order valence-electron chi connectivity index (χ0n) is 13.8. The fourth-order valence-electron chi connectivity index (χ4n) is 2.70. The number of nitrogens with zero attached hydrogens (tertiary/aromatic N) is 4. The summed E-state index contributed by atoms with van der Waals surface area (Å²) in [4.78, 5) is 20.1. The van der Waals surface area contributed by atoms with Gasteiger partial charge in [-0.2, -0.15) is 5.10 Å². The van der Waals surface area contributed by atoms with Gasteiger partial charge in [0.15, 0.2) is 5.65 Å². The zero-order chi connectivity index (χ0) is 17.9. The third-order valence-corrected chi connectivity index (χ3v) is 4.05. The van der Waals surface area contributed by atoms with Gasteiger partial charge in [-0.15, -0.1) is 0 Å². The molecule has 0 bridgehead atoms. The Morgan fingerprint density at radius 1 is 1.15 bits per heavy atom. The standard InChI is InChI=1S/C19H16N6O/c20-18(26)15-3-1-2-14(10-15)16-12-23-25-9-6-17(24-19(16)25)22-11-13-4-7-21-8-5-13/h1-10,12H,11H2,(H2,20,26)(H,22,24). The van der Waals surface area contributed by atoms with Gasteiger partial charge in [0.25, 0.3) is 0 Å². The first-order valence-corrected chi connectivity index (χ1v) is 8.08. The van der Waals surface area contributed by atoms with Crippen LogP contribution in [0.3, 0.4) is 0 Å². The molecular weight excluding hydrogens is 328 g/mol. The number of benzene rings is 1. The molecule has 4 rings (SSSR count). The summed E-state index contributed by atoms with van der Waals surface area (Å²) in [6, 6.07) is 12.9. The van der Waals surface area contributed by atoms with E-state index < -0.39 is 5.91 Å². The van der Waals surface area contributed by atoms with Crippen molar-refractivity contribution in [3.63, 3.8) is 0 Å². The molecule has 7 heteroatoms. The van der Waals surface area contributed by atoms with Crippen LogP contribution in [0.25, 0.3) is 16.8 Å². The molecule has 4 aromatic rings. The smallest absolute Gasteiger partial charge is 0.248 e. The zero-order valence-corrected chi connectivity index (χ0v) is 13.8. The van der Waals surface area contributed by atoms with Crippen LogP contribution in [0.5, 0.6) is 0 Å². The van der Waals surface area contributed by atoms with Crippen LogP contribution >= 0.6 is 0 Å². The number of nitrogens with one attached hydrogen (secondary N) is 1. The normalized spacial score (nSPS) is 10.8. The molecule has 26 heavy (non-hydrogen) atoms. The Morgan fingerprint density at radius 3 is 2.81 bits per heavy atom. The highest BCUT2D eigenvalue weighted by Gasteiger charge is 2.11. The minimum absolute atomic E-state index is 0.453. The second kappa shape index (κ2) is 6.64. The van der Waals surface area contributed by atoms with Gasteiger partial charge in [-0.25, -0.2) is 9.50 Å². The van der Waals surface area contributed by atoms with Gasteiger partial charge >= 0.3 is 0 Å². The molecule has 3 heterocycles. The molecular formula is C19H16N6O. The van der Waals surface area contributed by atoms with E-state index >= 15 is 0 Å². The summed E-state index contributed by atoms with van der Waals surface area (Å²) in [6.45, 7) is 0.645. The molecule has 0 aliphatic heterocycles. The van der Waals surface area contributed by atoms with E-state index in [0.717, 1.165) is 22.5 Å².